The standard InChI is InChI=1S/C7H11NO2/c1-7(10)3-2-5(8)4-6(7)9/h2-4,6,9-10H,8H2,1H3. The Morgan fingerprint density at radius 1 is 1.70 bits per heavy atom. The van der Waals surface area contributed by atoms with Gasteiger partial charge in [-0.05, 0) is 25.2 Å². The summed E-state index contributed by atoms with van der Waals surface area (Å²) in [5, 5.41) is 18.5. The average molecular weight is 141 g/mol. The first-order valence-electron chi connectivity index (χ1n) is 3.09. The third-order valence-corrected chi connectivity index (χ3v) is 1.56. The van der Waals surface area contributed by atoms with Crippen LogP contribution in [0.3, 0.4) is 0 Å². The van der Waals surface area contributed by atoms with Crippen LogP contribution in [-0.2, 0) is 0 Å². The van der Waals surface area contributed by atoms with E-state index in [2.05, 4.69) is 0 Å². The first-order valence-corrected chi connectivity index (χ1v) is 3.09. The number of allylic oxidation sites excluding steroid dienone is 1. The van der Waals surface area contributed by atoms with E-state index in [-0.39, 0.29) is 0 Å². The van der Waals surface area contributed by atoms with E-state index in [9.17, 15) is 5.11 Å². The monoisotopic (exact) mass is 141 g/mol. The second-order valence-corrected chi connectivity index (χ2v) is 2.67. The van der Waals surface area contributed by atoms with Gasteiger partial charge in [-0.2, -0.15) is 0 Å². The van der Waals surface area contributed by atoms with Gasteiger partial charge in [-0.3, -0.25) is 0 Å². The van der Waals surface area contributed by atoms with Crippen molar-refractivity contribution in [2.24, 2.45) is 5.73 Å². The van der Waals surface area contributed by atoms with E-state index in [1.165, 1.54) is 19.1 Å². The average Bonchev–Trinajstić information content (AvgIpc) is 1.81. The minimum absolute atomic E-state index is 0.485. The Balaban J connectivity index is 2.84. The fraction of sp³-hybridized carbons (Fsp3) is 0.429. The van der Waals surface area contributed by atoms with Crippen molar-refractivity contribution in [2.75, 3.05) is 0 Å². The summed E-state index contributed by atoms with van der Waals surface area (Å²) in [5.74, 6) is 0. The molecule has 0 aromatic heterocycles. The number of hydrogen-bond donors (Lipinski definition) is 3. The van der Waals surface area contributed by atoms with E-state index in [1.54, 1.807) is 6.08 Å². The zero-order valence-electron chi connectivity index (χ0n) is 5.78. The lowest BCUT2D eigenvalue weighted by Crippen LogP contribution is -2.38. The SMILES string of the molecule is CC1(O)C=CC(N)=CC1O. The van der Waals surface area contributed by atoms with Gasteiger partial charge in [0.2, 0.25) is 0 Å². The zero-order valence-corrected chi connectivity index (χ0v) is 5.78. The maximum Gasteiger partial charge on any atom is 0.110 e. The highest BCUT2D eigenvalue weighted by molar-refractivity contribution is 5.27. The van der Waals surface area contributed by atoms with Crippen LogP contribution in [0.15, 0.2) is 23.9 Å². The molecule has 0 aromatic carbocycles. The summed E-state index contributed by atoms with van der Waals surface area (Å²) in [6.07, 6.45) is 3.58. The molecule has 1 aliphatic carbocycles. The molecule has 0 saturated heterocycles. The molecule has 0 fully saturated rings. The van der Waals surface area contributed by atoms with Crippen LogP contribution < -0.4 is 5.73 Å². The molecule has 1 aliphatic rings. The van der Waals surface area contributed by atoms with Gasteiger partial charge < -0.3 is 15.9 Å². The van der Waals surface area contributed by atoms with Crippen molar-refractivity contribution < 1.29 is 10.2 Å². The lowest BCUT2D eigenvalue weighted by Gasteiger charge is -2.26. The van der Waals surface area contributed by atoms with E-state index in [1.807, 2.05) is 0 Å². The Hall–Kier alpha value is -0.800. The van der Waals surface area contributed by atoms with Crippen molar-refractivity contribution in [3.05, 3.63) is 23.9 Å². The summed E-state index contributed by atoms with van der Waals surface area (Å²) < 4.78 is 0. The highest BCUT2D eigenvalue weighted by Gasteiger charge is 2.27. The molecule has 0 bridgehead atoms. The summed E-state index contributed by atoms with van der Waals surface area (Å²) in [4.78, 5) is 0. The van der Waals surface area contributed by atoms with Crippen LogP contribution in [0.1, 0.15) is 6.92 Å². The number of hydrogen-bond acceptors (Lipinski definition) is 3. The van der Waals surface area contributed by atoms with Gasteiger partial charge in [0.25, 0.3) is 0 Å². The predicted octanol–water partition coefficient (Wildman–Crippen LogP) is -0.489. The van der Waals surface area contributed by atoms with E-state index in [0.29, 0.717) is 5.70 Å². The van der Waals surface area contributed by atoms with Gasteiger partial charge >= 0.3 is 0 Å². The number of aliphatic hydroxyl groups is 2. The largest absolute Gasteiger partial charge is 0.399 e. The zero-order chi connectivity index (χ0) is 7.78. The van der Waals surface area contributed by atoms with E-state index in [0.717, 1.165) is 0 Å². The molecule has 0 heterocycles. The number of aliphatic hydroxyl groups excluding tert-OH is 1. The van der Waals surface area contributed by atoms with Crippen LogP contribution in [0.4, 0.5) is 0 Å². The maximum absolute atomic E-state index is 9.32. The van der Waals surface area contributed by atoms with Gasteiger partial charge in [-0.15, -0.1) is 0 Å². The van der Waals surface area contributed by atoms with E-state index < -0.39 is 11.7 Å². The third-order valence-electron chi connectivity index (χ3n) is 1.56. The fourth-order valence-corrected chi connectivity index (χ4v) is 0.770. The molecule has 0 radical (unpaired) electrons. The molecule has 0 aliphatic heterocycles. The molecule has 56 valence electrons. The molecule has 1 rings (SSSR count). The maximum atomic E-state index is 9.32. The fourth-order valence-electron chi connectivity index (χ4n) is 0.770. The smallest absolute Gasteiger partial charge is 0.110 e. The second kappa shape index (κ2) is 2.11. The van der Waals surface area contributed by atoms with Crippen molar-refractivity contribution in [2.45, 2.75) is 18.6 Å². The summed E-state index contributed by atoms with van der Waals surface area (Å²) in [6, 6.07) is 0. The second-order valence-electron chi connectivity index (χ2n) is 2.67. The van der Waals surface area contributed by atoms with Crippen LogP contribution >= 0.6 is 0 Å². The Morgan fingerprint density at radius 3 is 2.70 bits per heavy atom. The van der Waals surface area contributed by atoms with Gasteiger partial charge in [0, 0.05) is 5.70 Å². The lowest BCUT2D eigenvalue weighted by atomic mass is 9.94. The Kier molecular flexibility index (Phi) is 1.54. The topological polar surface area (TPSA) is 66.5 Å². The molecule has 0 aromatic rings. The molecule has 0 spiro atoms. The first-order chi connectivity index (χ1) is 4.52. The molecular weight excluding hydrogens is 130 g/mol. The molecule has 2 unspecified atom stereocenters. The van der Waals surface area contributed by atoms with Crippen LogP contribution in [0.5, 0.6) is 0 Å². The summed E-state index contributed by atoms with van der Waals surface area (Å²) in [7, 11) is 0. The molecule has 10 heavy (non-hydrogen) atoms. The third kappa shape index (κ3) is 1.20. The number of rotatable bonds is 0. The molecule has 4 N–H and O–H groups in total. The lowest BCUT2D eigenvalue weighted by molar-refractivity contribution is -0.00139. The number of nitrogens with two attached hydrogens (primary N) is 1. The van der Waals surface area contributed by atoms with Crippen molar-refractivity contribution in [1.29, 1.82) is 0 Å². The van der Waals surface area contributed by atoms with Crippen molar-refractivity contribution in [3.8, 4) is 0 Å². The Labute approximate surface area is 59.5 Å². The van der Waals surface area contributed by atoms with Gasteiger partial charge in [0.05, 0.1) is 0 Å². The van der Waals surface area contributed by atoms with Crippen molar-refractivity contribution in [3.63, 3.8) is 0 Å². The van der Waals surface area contributed by atoms with Crippen LogP contribution in [0.25, 0.3) is 0 Å². The Bertz CT molecular complexity index is 194. The Morgan fingerprint density at radius 2 is 2.30 bits per heavy atom. The summed E-state index contributed by atoms with van der Waals surface area (Å²) in [5.41, 5.74) is 4.67. The van der Waals surface area contributed by atoms with Crippen molar-refractivity contribution >= 4 is 0 Å². The first kappa shape index (κ1) is 7.31. The van der Waals surface area contributed by atoms with Crippen LogP contribution in [0, 0.1) is 0 Å². The molecule has 2 atom stereocenters. The van der Waals surface area contributed by atoms with Crippen molar-refractivity contribution in [1.82, 2.24) is 0 Å². The molecule has 0 saturated carbocycles. The normalized spacial score (nSPS) is 39.5. The van der Waals surface area contributed by atoms with Gasteiger partial charge in [0.1, 0.15) is 11.7 Å². The molecule has 0 amide bonds. The minimum Gasteiger partial charge on any atom is -0.399 e. The van der Waals surface area contributed by atoms with Gasteiger partial charge in [-0.25, -0.2) is 0 Å². The molecular formula is C7H11NO2. The summed E-state index contributed by atoms with van der Waals surface area (Å²) in [6.45, 7) is 1.52. The predicted molar refractivity (Wildman–Crippen MR) is 38.0 cm³/mol. The van der Waals surface area contributed by atoms with Gasteiger partial charge in [0.15, 0.2) is 0 Å². The molecule has 3 heteroatoms. The quantitative estimate of drug-likeness (QED) is 0.426. The van der Waals surface area contributed by atoms with Gasteiger partial charge in [-0.1, -0.05) is 0 Å². The van der Waals surface area contributed by atoms with E-state index >= 15 is 0 Å². The van der Waals surface area contributed by atoms with E-state index in [4.69, 9.17) is 10.8 Å². The molecule has 3 nitrogen and oxygen atoms in total. The highest BCUT2D eigenvalue weighted by Crippen LogP contribution is 2.18. The summed E-state index contributed by atoms with van der Waals surface area (Å²) >= 11 is 0. The van der Waals surface area contributed by atoms with Crippen LogP contribution in [0.2, 0.25) is 0 Å². The minimum atomic E-state index is -1.16. The van der Waals surface area contributed by atoms with Crippen LogP contribution in [-0.4, -0.2) is 21.9 Å². The highest BCUT2D eigenvalue weighted by atomic mass is 16.3.